The molecule has 2 aromatic rings. The van der Waals surface area contributed by atoms with Gasteiger partial charge in [-0.2, -0.15) is 5.10 Å². The quantitative estimate of drug-likeness (QED) is 0.748. The van der Waals surface area contributed by atoms with Crippen LogP contribution in [0, 0.1) is 6.92 Å². The highest BCUT2D eigenvalue weighted by Gasteiger charge is 2.23. The van der Waals surface area contributed by atoms with Gasteiger partial charge >= 0.3 is 0 Å². The molecule has 0 aromatic carbocycles. The van der Waals surface area contributed by atoms with Crippen LogP contribution in [0.4, 0.5) is 0 Å². The number of H-pyrrole nitrogens is 1. The number of thiophene rings is 1. The Morgan fingerprint density at radius 2 is 2.26 bits per heavy atom. The van der Waals surface area contributed by atoms with Crippen LogP contribution in [0.5, 0.6) is 0 Å². The fraction of sp³-hybridized carbons (Fsp3) is 0.300. The van der Waals surface area contributed by atoms with E-state index in [1.54, 1.807) is 6.92 Å². The van der Waals surface area contributed by atoms with Gasteiger partial charge in [-0.3, -0.25) is 5.10 Å². The minimum atomic E-state index is -3.69. The number of aliphatic hydroxyl groups excluding tert-OH is 1. The Balaban J connectivity index is 2.20. The minimum Gasteiger partial charge on any atom is -0.390 e. The molecule has 0 bridgehead atoms. The number of sulfonamides is 1. The normalized spacial score (nSPS) is 11.9. The molecule has 0 aliphatic carbocycles. The first-order chi connectivity index (χ1) is 8.94. The predicted octanol–water partition coefficient (Wildman–Crippen LogP) is 1.51. The van der Waals surface area contributed by atoms with Crippen LogP contribution < -0.4 is 4.72 Å². The summed E-state index contributed by atoms with van der Waals surface area (Å²) < 4.78 is 27.8. The number of rotatable bonds is 5. The van der Waals surface area contributed by atoms with Crippen LogP contribution in [0.1, 0.15) is 16.3 Å². The summed E-state index contributed by atoms with van der Waals surface area (Å²) in [5.74, 6) is 0. The Morgan fingerprint density at radius 1 is 1.53 bits per heavy atom. The van der Waals surface area contributed by atoms with Crippen molar-refractivity contribution in [1.82, 2.24) is 14.9 Å². The average Bonchev–Trinajstić information content (AvgIpc) is 2.93. The van der Waals surface area contributed by atoms with E-state index in [1.807, 2.05) is 12.1 Å². The van der Waals surface area contributed by atoms with Crippen LogP contribution in [-0.2, 0) is 23.2 Å². The Bertz CT molecular complexity index is 678. The van der Waals surface area contributed by atoms with Crippen molar-refractivity contribution in [3.63, 3.8) is 0 Å². The van der Waals surface area contributed by atoms with Crippen LogP contribution >= 0.6 is 27.3 Å². The van der Waals surface area contributed by atoms with Crippen molar-refractivity contribution in [3.8, 4) is 0 Å². The van der Waals surface area contributed by atoms with E-state index in [0.717, 1.165) is 8.66 Å². The predicted molar refractivity (Wildman–Crippen MR) is 75.3 cm³/mol. The summed E-state index contributed by atoms with van der Waals surface area (Å²) >= 11 is 4.78. The number of halogens is 1. The highest BCUT2D eigenvalue weighted by Crippen LogP contribution is 2.23. The first-order valence-electron chi connectivity index (χ1n) is 5.32. The standard InChI is InChI=1S/C10H12BrN3O3S2/c1-6-10(8(5-15)14-13-6)19(16,17)12-4-7-2-3-9(11)18-7/h2-3,12,15H,4-5H2,1H3,(H,13,14). The summed E-state index contributed by atoms with van der Waals surface area (Å²) in [6.07, 6.45) is 0. The molecule has 2 heterocycles. The van der Waals surface area contributed by atoms with E-state index in [2.05, 4.69) is 30.8 Å². The molecule has 0 unspecified atom stereocenters. The third-order valence-electron chi connectivity index (χ3n) is 2.45. The third-order valence-corrected chi connectivity index (χ3v) is 5.67. The molecule has 0 atom stereocenters. The SMILES string of the molecule is Cc1[nH]nc(CO)c1S(=O)(=O)NCc1ccc(Br)s1. The molecular formula is C10H12BrN3O3S2. The molecule has 0 spiro atoms. The van der Waals surface area contributed by atoms with Crippen LogP contribution in [0.2, 0.25) is 0 Å². The third kappa shape index (κ3) is 3.23. The van der Waals surface area contributed by atoms with Gasteiger partial charge in [-0.25, -0.2) is 13.1 Å². The van der Waals surface area contributed by atoms with Gasteiger partial charge in [0.1, 0.15) is 10.6 Å². The molecule has 0 amide bonds. The highest BCUT2D eigenvalue weighted by molar-refractivity contribution is 9.11. The number of aliphatic hydroxyl groups is 1. The summed E-state index contributed by atoms with van der Waals surface area (Å²) in [6, 6.07) is 3.70. The van der Waals surface area contributed by atoms with Gasteiger partial charge < -0.3 is 5.11 Å². The van der Waals surface area contributed by atoms with Gasteiger partial charge in [0.25, 0.3) is 0 Å². The second-order valence-electron chi connectivity index (χ2n) is 3.81. The number of hydrogen-bond donors (Lipinski definition) is 3. The van der Waals surface area contributed by atoms with E-state index in [9.17, 15) is 8.42 Å². The van der Waals surface area contributed by atoms with E-state index < -0.39 is 16.6 Å². The molecule has 0 aliphatic heterocycles. The van der Waals surface area contributed by atoms with Crippen molar-refractivity contribution in [3.05, 3.63) is 32.2 Å². The van der Waals surface area contributed by atoms with E-state index in [4.69, 9.17) is 5.11 Å². The number of aromatic nitrogens is 2. The van der Waals surface area contributed by atoms with E-state index in [1.165, 1.54) is 11.3 Å². The molecular weight excluding hydrogens is 354 g/mol. The van der Waals surface area contributed by atoms with Crippen molar-refractivity contribution in [1.29, 1.82) is 0 Å². The average molecular weight is 366 g/mol. The lowest BCUT2D eigenvalue weighted by Gasteiger charge is -2.06. The Kier molecular flexibility index (Phi) is 4.41. The maximum absolute atomic E-state index is 12.2. The zero-order valence-corrected chi connectivity index (χ0v) is 13.2. The van der Waals surface area contributed by atoms with Gasteiger partial charge in [0.05, 0.1) is 16.1 Å². The zero-order valence-electron chi connectivity index (χ0n) is 9.97. The Labute approximate surface area is 123 Å². The highest BCUT2D eigenvalue weighted by atomic mass is 79.9. The molecule has 0 fully saturated rings. The van der Waals surface area contributed by atoms with Crippen molar-refractivity contribution >= 4 is 37.3 Å². The fourth-order valence-corrected chi connectivity index (χ4v) is 4.49. The minimum absolute atomic E-state index is 0.0191. The molecule has 0 saturated carbocycles. The maximum atomic E-state index is 12.2. The topological polar surface area (TPSA) is 95.1 Å². The van der Waals surface area contributed by atoms with Crippen molar-refractivity contribution in [2.75, 3.05) is 0 Å². The largest absolute Gasteiger partial charge is 0.390 e. The van der Waals surface area contributed by atoms with Gasteiger partial charge in [0.2, 0.25) is 10.0 Å². The molecule has 104 valence electrons. The van der Waals surface area contributed by atoms with Gasteiger partial charge in [-0.1, -0.05) is 0 Å². The summed E-state index contributed by atoms with van der Waals surface area (Å²) in [5.41, 5.74) is 0.529. The Morgan fingerprint density at radius 3 is 2.84 bits per heavy atom. The summed E-state index contributed by atoms with van der Waals surface area (Å²) in [7, 11) is -3.69. The first-order valence-corrected chi connectivity index (χ1v) is 8.42. The maximum Gasteiger partial charge on any atom is 0.244 e. The molecule has 2 rings (SSSR count). The number of aryl methyl sites for hydroxylation is 1. The molecule has 3 N–H and O–H groups in total. The monoisotopic (exact) mass is 365 g/mol. The van der Waals surface area contributed by atoms with Crippen LogP contribution in [0.25, 0.3) is 0 Å². The first kappa shape index (κ1) is 14.7. The van der Waals surface area contributed by atoms with Crippen LogP contribution in [0.15, 0.2) is 20.8 Å². The second-order valence-corrected chi connectivity index (χ2v) is 8.06. The van der Waals surface area contributed by atoms with Gasteiger partial charge in [0.15, 0.2) is 0 Å². The van der Waals surface area contributed by atoms with Crippen molar-refractivity contribution < 1.29 is 13.5 Å². The molecule has 9 heteroatoms. The molecule has 6 nitrogen and oxygen atoms in total. The zero-order chi connectivity index (χ0) is 14.0. The lowest BCUT2D eigenvalue weighted by atomic mass is 10.4. The molecule has 19 heavy (non-hydrogen) atoms. The van der Waals surface area contributed by atoms with Crippen LogP contribution in [-0.4, -0.2) is 23.7 Å². The number of aromatic amines is 1. The molecule has 0 saturated heterocycles. The van der Waals surface area contributed by atoms with E-state index in [0.29, 0.717) is 5.69 Å². The van der Waals surface area contributed by atoms with Gasteiger partial charge in [-0.15, -0.1) is 11.3 Å². The van der Waals surface area contributed by atoms with Crippen molar-refractivity contribution in [2.24, 2.45) is 0 Å². The van der Waals surface area contributed by atoms with E-state index in [-0.39, 0.29) is 17.1 Å². The second kappa shape index (κ2) is 5.71. The fourth-order valence-electron chi connectivity index (χ4n) is 1.62. The number of hydrogen-bond acceptors (Lipinski definition) is 5. The van der Waals surface area contributed by atoms with Crippen molar-refractivity contribution in [2.45, 2.75) is 25.0 Å². The van der Waals surface area contributed by atoms with E-state index >= 15 is 0 Å². The summed E-state index contributed by atoms with van der Waals surface area (Å²) in [4.78, 5) is 0.910. The van der Waals surface area contributed by atoms with Gasteiger partial charge in [0, 0.05) is 11.4 Å². The number of nitrogens with zero attached hydrogens (tertiary/aromatic N) is 1. The van der Waals surface area contributed by atoms with Gasteiger partial charge in [-0.05, 0) is 35.0 Å². The smallest absolute Gasteiger partial charge is 0.244 e. The summed E-state index contributed by atoms with van der Waals surface area (Å²) in [5, 5.41) is 15.4. The molecule has 0 aliphatic rings. The lowest BCUT2D eigenvalue weighted by Crippen LogP contribution is -2.24. The number of nitrogens with one attached hydrogen (secondary N) is 2. The van der Waals surface area contributed by atoms with Crippen LogP contribution in [0.3, 0.4) is 0 Å². The molecule has 0 radical (unpaired) electrons. The Hall–Kier alpha value is -0.740. The molecule has 2 aromatic heterocycles. The lowest BCUT2D eigenvalue weighted by molar-refractivity contribution is 0.273. The summed E-state index contributed by atoms with van der Waals surface area (Å²) in [6.45, 7) is 1.38.